The number of carbonyl (C=O) groups is 2. The molecule has 8 aliphatic carbocycles. The number of H-pyrrole nitrogens is 2. The summed E-state index contributed by atoms with van der Waals surface area (Å²) in [5.41, 5.74) is 6.25. The maximum Gasteiger partial charge on any atom is 0.310 e. The van der Waals surface area contributed by atoms with E-state index in [2.05, 4.69) is 92.9 Å². The normalized spacial score (nSPS) is 48.5. The van der Waals surface area contributed by atoms with Crippen LogP contribution in [0.25, 0.3) is 0 Å². The van der Waals surface area contributed by atoms with Gasteiger partial charge in [0.25, 0.3) is 0 Å². The molecule has 28 atom stereocenters. The standard InChI is InChI=1S/C65H95N11O13/c1-58(27-77)16-17-64(56(86)87)37(22-58)35-20-31-9-10-32-8-7-13-63(32)44-33(11-15-65(42-25-70-29-74-42,49(44)76-55(63)85)50(83)34(52(66)84)23-69-18-19-71-57(67)68-6)43-46(81)51(89-54-47(82)45(80)40(79)26-88-54)59(2,28-78)41-12-14-60(3,48(31)61(41,43)4)62(35,5)36-21-39-53(75-30-73-39)72-24-38(36)64/h11,15,20,25,29-34,36-38,40-41,43-52,54,69,72,77-84H,7-8,12-14,16-19,21-24,26-28,66H2,1-6H3,(H,70,74)(H,73,75)(H,76,85)(H,86,87)(H3,67,68,71). The number of imidazole rings is 2. The average molecular weight is 1240 g/mol. The molecule has 24 heteroatoms. The van der Waals surface area contributed by atoms with Gasteiger partial charge >= 0.3 is 5.97 Å². The molecule has 28 unspecified atom stereocenters. The summed E-state index contributed by atoms with van der Waals surface area (Å²) in [6, 6.07) is -0.954. The molecule has 0 aromatic carbocycles. The number of nitrogens with two attached hydrogens (primary N) is 2. The number of nitrogens with zero attached hydrogens (tertiary/aromatic N) is 3. The van der Waals surface area contributed by atoms with Crippen molar-refractivity contribution in [3.05, 3.63) is 54.0 Å². The maximum absolute atomic E-state index is 16.1. The molecule has 19 N–H and O–H groups in total. The van der Waals surface area contributed by atoms with E-state index >= 15 is 4.79 Å². The fraction of sp³-hybridized carbons (Fsp3) is 0.769. The molecule has 1 spiro atoms. The molecule has 7 fully saturated rings. The van der Waals surface area contributed by atoms with Crippen LogP contribution in [-0.2, 0) is 30.9 Å². The highest BCUT2D eigenvalue weighted by molar-refractivity contribution is 5.88. The minimum atomic E-state index is -1.74. The number of aromatic nitrogens is 4. The number of aliphatic hydroxyl groups is 8. The van der Waals surface area contributed by atoms with E-state index in [1.54, 1.807) is 19.6 Å². The van der Waals surface area contributed by atoms with E-state index in [-0.39, 0.29) is 37.5 Å². The summed E-state index contributed by atoms with van der Waals surface area (Å²) < 4.78 is 13.0. The van der Waals surface area contributed by atoms with E-state index < -0.39 is 170 Å². The van der Waals surface area contributed by atoms with Gasteiger partial charge in [0.2, 0.25) is 5.91 Å². The van der Waals surface area contributed by atoms with Crippen LogP contribution in [-0.4, -0.2) is 192 Å². The van der Waals surface area contributed by atoms with Gasteiger partial charge in [-0.05, 0) is 109 Å². The first kappa shape index (κ1) is 62.8. The van der Waals surface area contributed by atoms with Crippen LogP contribution >= 0.6 is 0 Å². The molecule has 1 amide bonds. The van der Waals surface area contributed by atoms with Gasteiger partial charge in [0.1, 0.15) is 30.4 Å². The number of ether oxygens (including phenoxy) is 2. The number of rotatable bonds is 14. The zero-order valence-electron chi connectivity index (χ0n) is 52.0. The number of aliphatic hydroxyl groups excluding tert-OH is 8. The molecule has 5 heterocycles. The number of aromatic amines is 2. The Balaban J connectivity index is 1.06. The van der Waals surface area contributed by atoms with Gasteiger partial charge in [0, 0.05) is 86.7 Å². The largest absolute Gasteiger partial charge is 0.481 e. The number of carbonyl (C=O) groups excluding carboxylic acids is 1. The number of nitrogens with one attached hydrogen (secondary N) is 6. The summed E-state index contributed by atoms with van der Waals surface area (Å²) in [5.74, 6) is 0.894. The molecule has 3 aliphatic heterocycles. The highest BCUT2D eigenvalue weighted by Gasteiger charge is 2.80. The van der Waals surface area contributed by atoms with Crippen LogP contribution in [0.3, 0.4) is 0 Å². The maximum atomic E-state index is 16.1. The Labute approximate surface area is 519 Å². The predicted molar refractivity (Wildman–Crippen MR) is 324 cm³/mol. The number of carboxylic acids is 1. The second-order valence-electron chi connectivity index (χ2n) is 30.2. The van der Waals surface area contributed by atoms with Crippen LogP contribution in [0, 0.1) is 115 Å². The summed E-state index contributed by atoms with van der Waals surface area (Å²) in [4.78, 5) is 50.9. The number of guanidine groups is 1. The minimum absolute atomic E-state index is 0.0330. The van der Waals surface area contributed by atoms with Crippen molar-refractivity contribution in [2.45, 2.75) is 153 Å². The molecule has 5 saturated carbocycles. The summed E-state index contributed by atoms with van der Waals surface area (Å²) in [6.07, 6.45) is 3.25. The van der Waals surface area contributed by atoms with Crippen LogP contribution in [0.1, 0.15) is 97.4 Å². The summed E-state index contributed by atoms with van der Waals surface area (Å²) in [6.45, 7) is 11.1. The van der Waals surface area contributed by atoms with Crippen LogP contribution in [0.5, 0.6) is 0 Å². The molecule has 0 bridgehead atoms. The van der Waals surface area contributed by atoms with Gasteiger partial charge in [-0.1, -0.05) is 76.7 Å². The van der Waals surface area contributed by atoms with E-state index in [9.17, 15) is 50.8 Å². The first-order chi connectivity index (χ1) is 42.3. The lowest BCUT2D eigenvalue weighted by atomic mass is 9.27. The van der Waals surface area contributed by atoms with Crippen LogP contribution in [0.15, 0.2) is 47.6 Å². The van der Waals surface area contributed by atoms with Crippen molar-refractivity contribution in [1.29, 1.82) is 0 Å². The number of aliphatic imine (C=N–C) groups is 1. The van der Waals surface area contributed by atoms with Crippen molar-refractivity contribution < 1.29 is 65.0 Å². The molecular formula is C65H95N11O13. The van der Waals surface area contributed by atoms with Crippen LogP contribution < -0.4 is 32.7 Å². The van der Waals surface area contributed by atoms with E-state index in [1.807, 2.05) is 13.0 Å². The monoisotopic (exact) mass is 1240 g/mol. The molecule has 2 aromatic heterocycles. The van der Waals surface area contributed by atoms with Crippen LogP contribution in [0.2, 0.25) is 0 Å². The third kappa shape index (κ3) is 8.51. The van der Waals surface area contributed by atoms with Gasteiger partial charge in [-0.15, -0.1) is 0 Å². The molecule has 11 aliphatic rings. The minimum Gasteiger partial charge on any atom is -0.481 e. The number of hydrogen-bond acceptors (Lipinski definition) is 18. The van der Waals surface area contributed by atoms with Gasteiger partial charge in [0.15, 0.2) is 12.2 Å². The van der Waals surface area contributed by atoms with E-state index in [1.165, 1.54) is 6.33 Å². The molecule has 2 aromatic rings. The highest BCUT2D eigenvalue weighted by Crippen LogP contribution is 2.81. The van der Waals surface area contributed by atoms with Gasteiger partial charge in [-0.2, -0.15) is 0 Å². The Morgan fingerprint density at radius 1 is 0.966 bits per heavy atom. The number of amides is 1. The fourth-order valence-electron chi connectivity index (χ4n) is 22.6. The second-order valence-corrected chi connectivity index (χ2v) is 30.2. The quantitative estimate of drug-likeness (QED) is 0.0226. The van der Waals surface area contributed by atoms with Crippen molar-refractivity contribution in [2.75, 3.05) is 58.4 Å². The zero-order chi connectivity index (χ0) is 63.3. The number of allylic oxidation sites excluding steroid dienone is 3. The number of hydrogen-bond donors (Lipinski definition) is 17. The Bertz CT molecular complexity index is 3210. The van der Waals surface area contributed by atoms with Crippen molar-refractivity contribution in [1.82, 2.24) is 35.9 Å². The molecule has 13 rings (SSSR count). The van der Waals surface area contributed by atoms with Gasteiger partial charge in [0.05, 0.1) is 72.2 Å². The lowest BCUT2D eigenvalue weighted by Gasteiger charge is -2.76. The first-order valence-electron chi connectivity index (χ1n) is 32.6. The van der Waals surface area contributed by atoms with Crippen molar-refractivity contribution in [3.8, 4) is 11.8 Å². The molecule has 2 saturated heterocycles. The van der Waals surface area contributed by atoms with Crippen molar-refractivity contribution in [3.63, 3.8) is 0 Å². The second kappa shape index (κ2) is 22.1. The third-order valence-corrected chi connectivity index (χ3v) is 26.9. The summed E-state index contributed by atoms with van der Waals surface area (Å²) in [5, 5.41) is 122. The summed E-state index contributed by atoms with van der Waals surface area (Å²) in [7, 11) is 1.57. The Morgan fingerprint density at radius 2 is 1.75 bits per heavy atom. The lowest BCUT2D eigenvalue weighted by molar-refractivity contribution is -0.346. The number of anilines is 1. The molecular weight excluding hydrogens is 1140 g/mol. The van der Waals surface area contributed by atoms with Gasteiger partial charge in [-0.25, -0.2) is 9.97 Å². The zero-order valence-corrected chi connectivity index (χ0v) is 52.0. The molecule has 24 nitrogen and oxygen atoms in total. The van der Waals surface area contributed by atoms with E-state index in [0.717, 1.165) is 11.3 Å². The molecule has 89 heavy (non-hydrogen) atoms. The third-order valence-electron chi connectivity index (χ3n) is 26.9. The summed E-state index contributed by atoms with van der Waals surface area (Å²) >= 11 is 0. The Kier molecular flexibility index (Phi) is 15.6. The van der Waals surface area contributed by atoms with Crippen LogP contribution in [0.4, 0.5) is 5.82 Å². The molecule has 488 valence electrons. The Morgan fingerprint density at radius 3 is 2.46 bits per heavy atom. The first-order valence-corrected chi connectivity index (χ1v) is 32.6. The molecule has 0 radical (unpaired) electrons. The number of carboxylic acid groups (broad SMARTS) is 1. The number of aliphatic carboxylic acids is 1. The van der Waals surface area contributed by atoms with E-state index in [4.69, 9.17) is 25.9 Å². The average Bonchev–Trinajstić information content (AvgIpc) is 1.33. The number of fused-ring (bicyclic) bond motifs is 9. The van der Waals surface area contributed by atoms with E-state index in [0.29, 0.717) is 88.9 Å². The van der Waals surface area contributed by atoms with Gasteiger partial charge in [-0.3, -0.25) is 14.6 Å². The smallest absolute Gasteiger partial charge is 0.310 e. The predicted octanol–water partition coefficient (Wildman–Crippen LogP) is 0.0513. The Hall–Kier alpha value is -5.01. The van der Waals surface area contributed by atoms with Gasteiger partial charge < -0.3 is 98.1 Å². The van der Waals surface area contributed by atoms with Crippen molar-refractivity contribution >= 4 is 23.7 Å². The fourth-order valence-corrected chi connectivity index (χ4v) is 22.6. The topological polar surface area (TPSA) is 405 Å². The van der Waals surface area contributed by atoms with Crippen molar-refractivity contribution in [2.24, 2.45) is 119 Å². The lowest BCUT2D eigenvalue weighted by Crippen LogP contribution is -2.76. The SMILES string of the molecule is CN=C(N)NCCNCC(C(N)O)C(O)C1(c2cnc[nH]2)C=CC2C3C1NC(=O)C31CCCC1C#CC1C=C3C4CC(C)(CO)CCC4(C(=O)O)C4CNc5nc[nH]c5CC4C3(C)C3(C)CCC4C(C)(CO)C(OC5OCC(O)C(O)C5O)C(O)C2C4(C)C13. The highest BCUT2D eigenvalue weighted by atomic mass is 16.7.